The SMILES string of the molecule is c1ccc(-c2nc(-c3cccc(-c4ccc5ccc6nc(-c7cccc8ccccc78)sc6c5c4)c3)nc(-c3ccc4oc5ccccc5c4c3)n2)cc1. The molecule has 54 heavy (non-hydrogen) atoms. The Balaban J connectivity index is 1.03. The molecular formula is C48H28N4OS. The molecule has 3 aromatic heterocycles. The van der Waals surface area contributed by atoms with Crippen LogP contribution >= 0.6 is 11.3 Å². The minimum atomic E-state index is 0.608. The van der Waals surface area contributed by atoms with Crippen LogP contribution in [0.25, 0.3) is 110 Å². The van der Waals surface area contributed by atoms with E-state index in [1.165, 1.54) is 26.2 Å². The molecule has 0 saturated carbocycles. The fourth-order valence-electron chi connectivity index (χ4n) is 7.46. The van der Waals surface area contributed by atoms with Crippen LogP contribution in [-0.2, 0) is 0 Å². The summed E-state index contributed by atoms with van der Waals surface area (Å²) in [5.74, 6) is 1.85. The first-order chi connectivity index (χ1) is 26.7. The van der Waals surface area contributed by atoms with E-state index in [4.69, 9.17) is 24.4 Å². The molecule has 0 saturated heterocycles. The maximum Gasteiger partial charge on any atom is 0.164 e. The summed E-state index contributed by atoms with van der Waals surface area (Å²) in [6.45, 7) is 0. The molecule has 0 fully saturated rings. The van der Waals surface area contributed by atoms with Gasteiger partial charge in [-0.2, -0.15) is 0 Å². The quantitative estimate of drug-likeness (QED) is 0.178. The molecule has 11 aromatic rings. The summed E-state index contributed by atoms with van der Waals surface area (Å²) in [5.41, 5.74) is 8.81. The molecule has 8 aromatic carbocycles. The van der Waals surface area contributed by atoms with Crippen molar-refractivity contribution >= 4 is 65.0 Å². The molecule has 11 rings (SSSR count). The Kier molecular flexibility index (Phi) is 6.97. The molecule has 0 amide bonds. The van der Waals surface area contributed by atoms with Crippen LogP contribution in [0.5, 0.6) is 0 Å². The lowest BCUT2D eigenvalue weighted by Gasteiger charge is -2.10. The van der Waals surface area contributed by atoms with E-state index in [0.29, 0.717) is 17.5 Å². The number of benzene rings is 8. The highest BCUT2D eigenvalue weighted by atomic mass is 32.1. The molecule has 0 aliphatic heterocycles. The van der Waals surface area contributed by atoms with E-state index in [-0.39, 0.29) is 0 Å². The molecule has 0 unspecified atom stereocenters. The van der Waals surface area contributed by atoms with Crippen LogP contribution in [0.3, 0.4) is 0 Å². The third-order valence-electron chi connectivity index (χ3n) is 10.1. The van der Waals surface area contributed by atoms with Crippen LogP contribution in [0, 0.1) is 0 Å². The van der Waals surface area contributed by atoms with Crippen molar-refractivity contribution in [2.75, 3.05) is 0 Å². The van der Waals surface area contributed by atoms with Crippen molar-refractivity contribution < 1.29 is 4.42 Å². The Morgan fingerprint density at radius 3 is 1.85 bits per heavy atom. The van der Waals surface area contributed by atoms with E-state index in [2.05, 4.69) is 109 Å². The van der Waals surface area contributed by atoms with Crippen LogP contribution in [0.15, 0.2) is 174 Å². The van der Waals surface area contributed by atoms with E-state index in [1.54, 1.807) is 11.3 Å². The van der Waals surface area contributed by atoms with E-state index >= 15 is 0 Å². The van der Waals surface area contributed by atoms with Crippen molar-refractivity contribution in [1.29, 1.82) is 0 Å². The van der Waals surface area contributed by atoms with Crippen LogP contribution < -0.4 is 0 Å². The van der Waals surface area contributed by atoms with Gasteiger partial charge in [0.25, 0.3) is 0 Å². The summed E-state index contributed by atoms with van der Waals surface area (Å²) in [6, 6.07) is 58.8. The molecule has 5 nitrogen and oxygen atoms in total. The fraction of sp³-hybridized carbons (Fsp3) is 0. The van der Waals surface area contributed by atoms with Gasteiger partial charge in [-0.3, -0.25) is 0 Å². The number of hydrogen-bond donors (Lipinski definition) is 0. The first kappa shape index (κ1) is 30.6. The molecule has 3 heterocycles. The molecule has 0 spiro atoms. The number of nitrogens with zero attached hydrogens (tertiary/aromatic N) is 4. The highest BCUT2D eigenvalue weighted by molar-refractivity contribution is 7.22. The van der Waals surface area contributed by atoms with Gasteiger partial charge in [-0.1, -0.05) is 127 Å². The van der Waals surface area contributed by atoms with Crippen LogP contribution in [0.1, 0.15) is 0 Å². The number of furan rings is 1. The molecule has 0 atom stereocenters. The Labute approximate surface area is 313 Å². The normalized spacial score (nSPS) is 11.7. The smallest absolute Gasteiger partial charge is 0.164 e. The zero-order valence-electron chi connectivity index (χ0n) is 28.8. The molecule has 6 heteroatoms. The molecule has 252 valence electrons. The van der Waals surface area contributed by atoms with Crippen molar-refractivity contribution in [2.24, 2.45) is 0 Å². The van der Waals surface area contributed by atoms with Gasteiger partial charge in [0.1, 0.15) is 16.2 Å². The van der Waals surface area contributed by atoms with Crippen molar-refractivity contribution in [3.63, 3.8) is 0 Å². The summed E-state index contributed by atoms with van der Waals surface area (Å²) in [4.78, 5) is 20.2. The number of para-hydroxylation sites is 1. The average Bonchev–Trinajstić information content (AvgIpc) is 3.85. The zero-order chi connectivity index (χ0) is 35.6. The van der Waals surface area contributed by atoms with Crippen molar-refractivity contribution in [3.8, 4) is 55.9 Å². The number of thiazole rings is 1. The van der Waals surface area contributed by atoms with Gasteiger partial charge in [0.2, 0.25) is 0 Å². The third-order valence-corrected chi connectivity index (χ3v) is 11.3. The third kappa shape index (κ3) is 5.15. The topological polar surface area (TPSA) is 64.7 Å². The monoisotopic (exact) mass is 708 g/mol. The van der Waals surface area contributed by atoms with Gasteiger partial charge in [0, 0.05) is 38.4 Å². The van der Waals surface area contributed by atoms with Gasteiger partial charge >= 0.3 is 0 Å². The molecule has 0 aliphatic carbocycles. The maximum absolute atomic E-state index is 6.12. The average molecular weight is 709 g/mol. The van der Waals surface area contributed by atoms with Crippen LogP contribution in [0.4, 0.5) is 0 Å². The van der Waals surface area contributed by atoms with E-state index in [0.717, 1.165) is 65.8 Å². The Morgan fingerprint density at radius 1 is 0.370 bits per heavy atom. The fourth-order valence-corrected chi connectivity index (χ4v) is 8.60. The highest BCUT2D eigenvalue weighted by Gasteiger charge is 2.16. The van der Waals surface area contributed by atoms with E-state index < -0.39 is 0 Å². The number of rotatable bonds is 5. The Bertz CT molecular complexity index is 3230. The molecule has 0 radical (unpaired) electrons. The largest absolute Gasteiger partial charge is 0.456 e. The summed E-state index contributed by atoms with van der Waals surface area (Å²) in [6.07, 6.45) is 0. The van der Waals surface area contributed by atoms with E-state index in [9.17, 15) is 0 Å². The van der Waals surface area contributed by atoms with Gasteiger partial charge < -0.3 is 4.42 Å². The van der Waals surface area contributed by atoms with Crippen molar-refractivity contribution in [2.45, 2.75) is 0 Å². The first-order valence-corrected chi connectivity index (χ1v) is 18.7. The predicted molar refractivity (Wildman–Crippen MR) is 222 cm³/mol. The van der Waals surface area contributed by atoms with Crippen LogP contribution in [0.2, 0.25) is 0 Å². The van der Waals surface area contributed by atoms with Gasteiger partial charge in [-0.25, -0.2) is 19.9 Å². The highest BCUT2D eigenvalue weighted by Crippen LogP contribution is 2.40. The minimum absolute atomic E-state index is 0.608. The standard InChI is InChI=1S/C48H28N4OS/c1-2-11-31(12-3-1)45-50-46(52-47(51-45)35-23-25-43-40(28-35)37-17-6-7-19-42(37)53-43)34-15-8-14-32(26-34)33-21-20-30-22-24-41-44(39(30)27-33)54-48(49-41)38-18-9-13-29-10-4-5-16-36(29)38/h1-28H. The molecule has 0 aliphatic rings. The number of hydrogen-bond acceptors (Lipinski definition) is 6. The summed E-state index contributed by atoms with van der Waals surface area (Å²) in [7, 11) is 0. The molecular weight excluding hydrogens is 681 g/mol. The first-order valence-electron chi connectivity index (χ1n) is 17.9. The van der Waals surface area contributed by atoms with Crippen LogP contribution in [-0.4, -0.2) is 19.9 Å². The predicted octanol–water partition coefficient (Wildman–Crippen LogP) is 13.0. The summed E-state index contributed by atoms with van der Waals surface area (Å²) >= 11 is 1.76. The summed E-state index contributed by atoms with van der Waals surface area (Å²) < 4.78 is 7.30. The lowest BCUT2D eigenvalue weighted by Crippen LogP contribution is -2.00. The Hall–Kier alpha value is -7.02. The lowest BCUT2D eigenvalue weighted by atomic mass is 9.99. The maximum atomic E-state index is 6.12. The second-order valence-corrected chi connectivity index (χ2v) is 14.5. The number of aromatic nitrogens is 4. The number of fused-ring (bicyclic) bond motifs is 7. The second-order valence-electron chi connectivity index (χ2n) is 13.5. The van der Waals surface area contributed by atoms with Gasteiger partial charge in [0.15, 0.2) is 17.5 Å². The zero-order valence-corrected chi connectivity index (χ0v) is 29.6. The van der Waals surface area contributed by atoms with Crippen molar-refractivity contribution in [3.05, 3.63) is 170 Å². The molecule has 0 N–H and O–H groups in total. The van der Waals surface area contributed by atoms with Gasteiger partial charge in [0.05, 0.1) is 10.2 Å². The van der Waals surface area contributed by atoms with Gasteiger partial charge in [-0.15, -0.1) is 11.3 Å². The second kappa shape index (κ2) is 12.3. The summed E-state index contributed by atoms with van der Waals surface area (Å²) in [5, 5.41) is 7.94. The Morgan fingerprint density at radius 2 is 0.963 bits per heavy atom. The lowest BCUT2D eigenvalue weighted by molar-refractivity contribution is 0.669. The van der Waals surface area contributed by atoms with Gasteiger partial charge in [-0.05, 0) is 69.8 Å². The molecule has 0 bridgehead atoms. The van der Waals surface area contributed by atoms with Crippen molar-refractivity contribution in [1.82, 2.24) is 19.9 Å². The van der Waals surface area contributed by atoms with E-state index in [1.807, 2.05) is 60.7 Å². The minimum Gasteiger partial charge on any atom is -0.456 e.